The lowest BCUT2D eigenvalue weighted by Gasteiger charge is -1.78. The van der Waals surface area contributed by atoms with Crippen molar-refractivity contribution in [1.82, 2.24) is 0 Å². The van der Waals surface area contributed by atoms with Crippen molar-refractivity contribution in [2.45, 2.75) is 27.7 Å². The summed E-state index contributed by atoms with van der Waals surface area (Å²) >= 11 is 0. The minimum absolute atomic E-state index is 0.484. The molecule has 0 aliphatic rings. The highest BCUT2D eigenvalue weighted by Crippen LogP contribution is 1.66. The van der Waals surface area contributed by atoms with Crippen molar-refractivity contribution < 1.29 is 0 Å². The molecule has 9 heavy (non-hydrogen) atoms. The van der Waals surface area contributed by atoms with Crippen molar-refractivity contribution in [2.75, 3.05) is 0 Å². The molecule has 0 heterocycles. The largest absolute Gasteiger partial charge is 0.386 e. The first kappa shape index (κ1) is 11.0. The molecule has 2 N–H and O–H groups in total. The minimum atomic E-state index is 0.484. The molecule has 0 aliphatic carbocycles. The summed E-state index contributed by atoms with van der Waals surface area (Å²) in [4.78, 5) is 0. The highest BCUT2D eigenvalue weighted by atomic mass is 15.2. The maximum Gasteiger partial charge on any atom is 0.119 e. The zero-order chi connectivity index (χ0) is 7.70. The highest BCUT2D eigenvalue weighted by Gasteiger charge is 1.67. The van der Waals surface area contributed by atoms with E-state index >= 15 is 0 Å². The fourth-order valence-corrected chi connectivity index (χ4v) is 0.149. The Bertz CT molecular complexity index is 90.5. The van der Waals surface area contributed by atoms with Crippen LogP contribution >= 0.6 is 0 Å². The molecule has 54 valence electrons. The van der Waals surface area contributed by atoms with Gasteiger partial charge in [0.2, 0.25) is 0 Å². The first-order valence-corrected chi connectivity index (χ1v) is 3.05. The number of rotatable bonds is 1. The number of nitrogens with two attached hydrogens (primary N) is 1. The van der Waals surface area contributed by atoms with Gasteiger partial charge >= 0.3 is 0 Å². The predicted octanol–water partition coefficient (Wildman–Crippen LogP) is 1.40. The average molecular weight is 129 g/mol. The Labute approximate surface area is 56.7 Å². The second-order valence-electron chi connectivity index (χ2n) is 1.12. The molecule has 0 saturated heterocycles. The van der Waals surface area contributed by atoms with Crippen molar-refractivity contribution in [1.29, 1.82) is 0 Å². The molecule has 0 unspecified atom stereocenters. The molecule has 0 radical (unpaired) electrons. The Morgan fingerprint density at radius 1 is 1.44 bits per heavy atom. The van der Waals surface area contributed by atoms with E-state index in [0.29, 0.717) is 5.84 Å². The van der Waals surface area contributed by atoms with Gasteiger partial charge in [0, 0.05) is 6.21 Å². The normalized spacial score (nSPS) is 10.9. The Kier molecular flexibility index (Phi) is 12.5. The third-order valence-corrected chi connectivity index (χ3v) is 0.331. The Hall–Kier alpha value is -0.860. The first-order valence-electron chi connectivity index (χ1n) is 3.05. The third-order valence-electron chi connectivity index (χ3n) is 0.331. The molecule has 0 bridgehead atoms. The van der Waals surface area contributed by atoms with Crippen molar-refractivity contribution in [3.63, 3.8) is 0 Å². The lowest BCUT2D eigenvalue weighted by Crippen LogP contribution is -2.03. The predicted molar refractivity (Wildman–Crippen MR) is 42.8 cm³/mol. The summed E-state index contributed by atoms with van der Waals surface area (Å²) in [5, 5.41) is 7.02. The first-order chi connectivity index (χ1) is 4.27. The van der Waals surface area contributed by atoms with Crippen LogP contribution in [0.15, 0.2) is 10.2 Å². The van der Waals surface area contributed by atoms with Crippen LogP contribution in [0.1, 0.15) is 27.7 Å². The summed E-state index contributed by atoms with van der Waals surface area (Å²) in [6.07, 6.45) is 1.58. The van der Waals surface area contributed by atoms with E-state index < -0.39 is 0 Å². The van der Waals surface area contributed by atoms with Crippen LogP contribution < -0.4 is 5.73 Å². The molecule has 0 fully saturated rings. The molecule has 0 saturated carbocycles. The van der Waals surface area contributed by atoms with Gasteiger partial charge in [-0.2, -0.15) is 5.10 Å². The summed E-state index contributed by atoms with van der Waals surface area (Å²) in [6.45, 7) is 7.47. The molecular formula is C6H15N3. The van der Waals surface area contributed by atoms with Crippen LogP contribution in [-0.4, -0.2) is 12.1 Å². The van der Waals surface area contributed by atoms with Crippen molar-refractivity contribution in [3.8, 4) is 0 Å². The Morgan fingerprint density at radius 2 is 1.89 bits per heavy atom. The zero-order valence-corrected chi connectivity index (χ0v) is 6.55. The summed E-state index contributed by atoms with van der Waals surface area (Å²) in [5.41, 5.74) is 5.11. The Morgan fingerprint density at radius 3 is 2.00 bits per heavy atom. The summed E-state index contributed by atoms with van der Waals surface area (Å²) in [7, 11) is 0. The van der Waals surface area contributed by atoms with E-state index in [1.54, 1.807) is 20.1 Å². The van der Waals surface area contributed by atoms with Crippen LogP contribution in [0.2, 0.25) is 0 Å². The molecular weight excluding hydrogens is 114 g/mol. The van der Waals surface area contributed by atoms with Crippen LogP contribution in [0.25, 0.3) is 0 Å². The van der Waals surface area contributed by atoms with Gasteiger partial charge in [-0.15, -0.1) is 5.10 Å². The van der Waals surface area contributed by atoms with Crippen LogP contribution in [-0.2, 0) is 0 Å². The van der Waals surface area contributed by atoms with Crippen LogP contribution in [0.5, 0.6) is 0 Å². The van der Waals surface area contributed by atoms with Gasteiger partial charge in [-0.3, -0.25) is 0 Å². The fraction of sp³-hybridized carbons (Fsp3) is 0.667. The molecule has 0 spiro atoms. The van der Waals surface area contributed by atoms with Crippen LogP contribution in [0.4, 0.5) is 0 Å². The molecule has 0 amide bonds. The van der Waals surface area contributed by atoms with Crippen LogP contribution in [0, 0.1) is 0 Å². The van der Waals surface area contributed by atoms with E-state index in [2.05, 4.69) is 10.2 Å². The van der Waals surface area contributed by atoms with E-state index in [0.717, 1.165) is 0 Å². The van der Waals surface area contributed by atoms with Gasteiger partial charge < -0.3 is 5.73 Å². The molecule has 0 rings (SSSR count). The quantitative estimate of drug-likeness (QED) is 0.324. The molecule has 0 aromatic carbocycles. The standard InChI is InChI=1S/C4H9N3.C2H6/c1-3-6-7-4(2)5;1-2/h3H,1-2H3,(H2,5,7);1-2H3/b6-3-;. The van der Waals surface area contributed by atoms with E-state index in [9.17, 15) is 0 Å². The molecule has 0 aliphatic heterocycles. The average Bonchev–Trinajstić information content (AvgIpc) is 1.88. The number of nitrogens with zero attached hydrogens (tertiary/aromatic N) is 2. The van der Waals surface area contributed by atoms with E-state index in [1.807, 2.05) is 13.8 Å². The third kappa shape index (κ3) is 19.1. The number of amidine groups is 1. The van der Waals surface area contributed by atoms with Crippen LogP contribution in [0.3, 0.4) is 0 Å². The molecule has 0 aromatic heterocycles. The second kappa shape index (κ2) is 10.2. The van der Waals surface area contributed by atoms with Gasteiger partial charge in [-0.05, 0) is 13.8 Å². The number of hydrogen-bond donors (Lipinski definition) is 1. The zero-order valence-electron chi connectivity index (χ0n) is 6.55. The van der Waals surface area contributed by atoms with Crippen molar-refractivity contribution in [2.24, 2.45) is 15.9 Å². The van der Waals surface area contributed by atoms with E-state index in [-0.39, 0.29) is 0 Å². The fourth-order valence-electron chi connectivity index (χ4n) is 0.149. The molecule has 0 atom stereocenters. The van der Waals surface area contributed by atoms with Gasteiger partial charge in [0.05, 0.1) is 0 Å². The summed E-state index contributed by atoms with van der Waals surface area (Å²) in [6, 6.07) is 0. The second-order valence-corrected chi connectivity index (χ2v) is 1.12. The van der Waals surface area contributed by atoms with Gasteiger partial charge in [-0.1, -0.05) is 13.8 Å². The van der Waals surface area contributed by atoms with Gasteiger partial charge in [0.1, 0.15) is 5.84 Å². The minimum Gasteiger partial charge on any atom is -0.386 e. The van der Waals surface area contributed by atoms with E-state index in [1.165, 1.54) is 0 Å². The molecule has 0 aromatic rings. The van der Waals surface area contributed by atoms with Crippen molar-refractivity contribution >= 4 is 12.1 Å². The summed E-state index contributed by atoms with van der Waals surface area (Å²) < 4.78 is 0. The molecule has 3 heteroatoms. The van der Waals surface area contributed by atoms with E-state index in [4.69, 9.17) is 5.73 Å². The van der Waals surface area contributed by atoms with Gasteiger partial charge in [-0.25, -0.2) is 0 Å². The maximum atomic E-state index is 5.11. The lowest BCUT2D eigenvalue weighted by molar-refractivity contribution is 1.22. The van der Waals surface area contributed by atoms with Gasteiger partial charge in [0.15, 0.2) is 0 Å². The lowest BCUT2D eigenvalue weighted by atomic mass is 10.7. The monoisotopic (exact) mass is 129 g/mol. The number of hydrogen-bond acceptors (Lipinski definition) is 2. The Balaban J connectivity index is 0. The smallest absolute Gasteiger partial charge is 0.119 e. The SMILES string of the molecule is C/C=N\N=C(\C)N.CC. The molecule has 3 nitrogen and oxygen atoms in total. The van der Waals surface area contributed by atoms with Crippen molar-refractivity contribution in [3.05, 3.63) is 0 Å². The topological polar surface area (TPSA) is 50.7 Å². The van der Waals surface area contributed by atoms with Gasteiger partial charge in [0.25, 0.3) is 0 Å². The maximum absolute atomic E-state index is 5.11. The summed E-state index contributed by atoms with van der Waals surface area (Å²) in [5.74, 6) is 0.484. The highest BCUT2D eigenvalue weighted by molar-refractivity contribution is 5.77.